The van der Waals surface area contributed by atoms with Gasteiger partial charge in [0.15, 0.2) is 11.5 Å². The van der Waals surface area contributed by atoms with Crippen molar-refractivity contribution in [3.8, 4) is 11.5 Å². The first-order valence-electron chi connectivity index (χ1n) is 7.25. The summed E-state index contributed by atoms with van der Waals surface area (Å²) in [5.41, 5.74) is 10.7. The summed E-state index contributed by atoms with van der Waals surface area (Å²) in [7, 11) is 0. The molecule has 0 bridgehead atoms. The van der Waals surface area contributed by atoms with Crippen LogP contribution in [-0.4, -0.2) is 13.2 Å². The second kappa shape index (κ2) is 5.08. The van der Waals surface area contributed by atoms with E-state index in [0.29, 0.717) is 13.2 Å². The van der Waals surface area contributed by atoms with Crippen molar-refractivity contribution >= 4 is 0 Å². The van der Waals surface area contributed by atoms with Gasteiger partial charge < -0.3 is 15.2 Å². The summed E-state index contributed by atoms with van der Waals surface area (Å²) in [5.74, 6) is 1.57. The minimum Gasteiger partial charge on any atom is -0.486 e. The molecule has 0 saturated carbocycles. The predicted octanol–water partition coefficient (Wildman–Crippen LogP) is 3.30. The summed E-state index contributed by atoms with van der Waals surface area (Å²) in [5, 5.41) is 0. The first kappa shape index (κ1) is 14.0. The van der Waals surface area contributed by atoms with Gasteiger partial charge in [-0.2, -0.15) is 0 Å². The molecule has 0 aromatic heterocycles. The molecule has 1 aliphatic rings. The predicted molar refractivity (Wildman–Crippen MR) is 84.0 cm³/mol. The van der Waals surface area contributed by atoms with E-state index in [-0.39, 0.29) is 0 Å². The summed E-state index contributed by atoms with van der Waals surface area (Å²) in [6.07, 6.45) is 0. The summed E-state index contributed by atoms with van der Waals surface area (Å²) in [6, 6.07) is 12.4. The lowest BCUT2D eigenvalue weighted by molar-refractivity contribution is 0.171. The van der Waals surface area contributed by atoms with Crippen LogP contribution in [0.15, 0.2) is 36.4 Å². The highest BCUT2D eigenvalue weighted by Crippen LogP contribution is 2.36. The smallest absolute Gasteiger partial charge is 0.161 e. The van der Waals surface area contributed by atoms with Crippen molar-refractivity contribution in [1.82, 2.24) is 0 Å². The van der Waals surface area contributed by atoms with Crippen LogP contribution in [0.1, 0.15) is 29.2 Å². The molecular formula is C18H21NO2. The Kier molecular flexibility index (Phi) is 3.38. The Hall–Kier alpha value is -2.00. The summed E-state index contributed by atoms with van der Waals surface area (Å²) in [6.45, 7) is 7.41. The van der Waals surface area contributed by atoms with Gasteiger partial charge in [0.25, 0.3) is 0 Å². The third-order valence-electron chi connectivity index (χ3n) is 4.09. The normalized spacial score (nSPS) is 16.4. The van der Waals surface area contributed by atoms with E-state index in [4.69, 9.17) is 15.2 Å². The fourth-order valence-electron chi connectivity index (χ4n) is 2.82. The highest BCUT2D eigenvalue weighted by atomic mass is 16.6. The number of ether oxygens (including phenoxy) is 2. The van der Waals surface area contributed by atoms with Gasteiger partial charge in [0.1, 0.15) is 13.2 Å². The molecular weight excluding hydrogens is 262 g/mol. The van der Waals surface area contributed by atoms with Gasteiger partial charge in [-0.15, -0.1) is 0 Å². The van der Waals surface area contributed by atoms with Crippen molar-refractivity contribution in [3.05, 3.63) is 58.7 Å². The molecule has 2 aromatic carbocycles. The Morgan fingerprint density at radius 1 is 0.952 bits per heavy atom. The van der Waals surface area contributed by atoms with E-state index in [2.05, 4.69) is 32.0 Å². The van der Waals surface area contributed by atoms with Gasteiger partial charge in [0, 0.05) is 0 Å². The number of rotatable bonds is 2. The second-order valence-electron chi connectivity index (χ2n) is 5.88. The molecule has 0 spiro atoms. The fraction of sp³-hybridized carbons (Fsp3) is 0.333. The van der Waals surface area contributed by atoms with E-state index in [1.807, 2.05) is 25.1 Å². The van der Waals surface area contributed by atoms with Gasteiger partial charge >= 0.3 is 0 Å². The van der Waals surface area contributed by atoms with Crippen LogP contribution in [-0.2, 0) is 5.54 Å². The number of fused-ring (bicyclic) bond motifs is 1. The van der Waals surface area contributed by atoms with E-state index in [0.717, 1.165) is 22.6 Å². The minimum atomic E-state index is -0.564. The van der Waals surface area contributed by atoms with Crippen LogP contribution in [0.25, 0.3) is 0 Å². The van der Waals surface area contributed by atoms with Gasteiger partial charge in [0.05, 0.1) is 5.54 Å². The fourth-order valence-corrected chi connectivity index (χ4v) is 2.82. The van der Waals surface area contributed by atoms with E-state index >= 15 is 0 Å². The Morgan fingerprint density at radius 3 is 2.43 bits per heavy atom. The van der Waals surface area contributed by atoms with Gasteiger partial charge in [-0.05, 0) is 49.6 Å². The molecule has 2 aromatic rings. The molecule has 21 heavy (non-hydrogen) atoms. The SMILES string of the molecule is Cc1ccc(C)c(C(C)(N)c2ccc3c(c2)OCCO3)c1. The standard InChI is InChI=1S/C18H21NO2/c1-12-4-5-13(2)15(10-12)18(3,19)14-6-7-16-17(11-14)21-9-8-20-16/h4-7,10-11H,8-9,19H2,1-3H3. The van der Waals surface area contributed by atoms with E-state index in [1.165, 1.54) is 11.1 Å². The molecule has 3 rings (SSSR count). The summed E-state index contributed by atoms with van der Waals surface area (Å²) in [4.78, 5) is 0. The Balaban J connectivity index is 2.07. The van der Waals surface area contributed by atoms with Gasteiger partial charge in [-0.1, -0.05) is 29.8 Å². The van der Waals surface area contributed by atoms with Gasteiger partial charge in [-0.3, -0.25) is 0 Å². The molecule has 110 valence electrons. The minimum absolute atomic E-state index is 0.564. The van der Waals surface area contributed by atoms with E-state index in [9.17, 15) is 0 Å². The van der Waals surface area contributed by atoms with Crippen LogP contribution < -0.4 is 15.2 Å². The van der Waals surface area contributed by atoms with Crippen LogP contribution in [0.4, 0.5) is 0 Å². The van der Waals surface area contributed by atoms with Crippen LogP contribution in [0.5, 0.6) is 11.5 Å². The quantitative estimate of drug-likeness (QED) is 0.919. The molecule has 2 N–H and O–H groups in total. The number of hydrogen-bond donors (Lipinski definition) is 1. The Morgan fingerprint density at radius 2 is 1.67 bits per heavy atom. The summed E-state index contributed by atoms with van der Waals surface area (Å²) >= 11 is 0. The van der Waals surface area contributed by atoms with E-state index in [1.54, 1.807) is 0 Å². The first-order chi connectivity index (χ1) is 9.98. The Bertz CT molecular complexity index is 677. The largest absolute Gasteiger partial charge is 0.486 e. The van der Waals surface area contributed by atoms with Crippen molar-refractivity contribution in [2.24, 2.45) is 5.73 Å². The molecule has 0 radical (unpaired) electrons. The maximum atomic E-state index is 6.67. The molecule has 1 unspecified atom stereocenters. The zero-order valence-corrected chi connectivity index (χ0v) is 12.8. The Labute approximate surface area is 125 Å². The maximum absolute atomic E-state index is 6.67. The molecule has 3 heteroatoms. The van der Waals surface area contributed by atoms with E-state index < -0.39 is 5.54 Å². The van der Waals surface area contributed by atoms with Crippen molar-refractivity contribution in [1.29, 1.82) is 0 Å². The van der Waals surface area contributed by atoms with Crippen LogP contribution >= 0.6 is 0 Å². The maximum Gasteiger partial charge on any atom is 0.161 e. The monoisotopic (exact) mass is 283 g/mol. The average molecular weight is 283 g/mol. The van der Waals surface area contributed by atoms with Crippen LogP contribution in [0, 0.1) is 13.8 Å². The molecule has 1 atom stereocenters. The van der Waals surface area contributed by atoms with Gasteiger partial charge in [0.2, 0.25) is 0 Å². The lowest BCUT2D eigenvalue weighted by atomic mass is 9.82. The van der Waals surface area contributed by atoms with Crippen LogP contribution in [0.3, 0.4) is 0 Å². The van der Waals surface area contributed by atoms with Crippen molar-refractivity contribution < 1.29 is 9.47 Å². The lowest BCUT2D eigenvalue weighted by Gasteiger charge is -2.29. The molecule has 3 nitrogen and oxygen atoms in total. The molecule has 0 fully saturated rings. The first-order valence-corrected chi connectivity index (χ1v) is 7.25. The number of aryl methyl sites for hydroxylation is 2. The molecule has 1 heterocycles. The third-order valence-corrected chi connectivity index (χ3v) is 4.09. The number of benzene rings is 2. The topological polar surface area (TPSA) is 44.5 Å². The van der Waals surface area contributed by atoms with Gasteiger partial charge in [-0.25, -0.2) is 0 Å². The molecule has 0 aliphatic carbocycles. The highest BCUT2D eigenvalue weighted by molar-refractivity contribution is 5.50. The lowest BCUT2D eigenvalue weighted by Crippen LogP contribution is -2.35. The average Bonchev–Trinajstić information content (AvgIpc) is 2.49. The highest BCUT2D eigenvalue weighted by Gasteiger charge is 2.27. The van der Waals surface area contributed by atoms with Crippen molar-refractivity contribution in [3.63, 3.8) is 0 Å². The molecule has 1 aliphatic heterocycles. The number of hydrogen-bond acceptors (Lipinski definition) is 3. The molecule has 0 amide bonds. The second-order valence-corrected chi connectivity index (χ2v) is 5.88. The van der Waals surface area contributed by atoms with Crippen LogP contribution in [0.2, 0.25) is 0 Å². The zero-order valence-electron chi connectivity index (χ0n) is 12.8. The zero-order chi connectivity index (χ0) is 15.0. The third kappa shape index (κ3) is 2.49. The summed E-state index contributed by atoms with van der Waals surface area (Å²) < 4.78 is 11.2. The van der Waals surface area contributed by atoms with Crippen molar-refractivity contribution in [2.45, 2.75) is 26.3 Å². The van der Waals surface area contributed by atoms with Crippen molar-refractivity contribution in [2.75, 3.05) is 13.2 Å². The molecule has 0 saturated heterocycles. The number of nitrogens with two attached hydrogens (primary N) is 1.